The molecule has 1 heterocycles. The second kappa shape index (κ2) is 5.21. The van der Waals surface area contributed by atoms with E-state index in [-0.39, 0.29) is 0 Å². The van der Waals surface area contributed by atoms with Gasteiger partial charge in [0.05, 0.1) is 5.69 Å². The van der Waals surface area contributed by atoms with Gasteiger partial charge in [0, 0.05) is 25.0 Å². The number of nitrogens with one attached hydrogen (secondary N) is 3. The van der Waals surface area contributed by atoms with Crippen LogP contribution in [0.1, 0.15) is 25.7 Å². The topological polar surface area (TPSA) is 39.8 Å². The number of hydrogen-bond acceptors (Lipinski definition) is 2. The Morgan fingerprint density at radius 2 is 2.13 bits per heavy atom. The molecule has 0 radical (unpaired) electrons. The van der Waals surface area contributed by atoms with Crippen molar-refractivity contribution in [1.82, 2.24) is 10.3 Å². The van der Waals surface area contributed by atoms with Gasteiger partial charge in [0.15, 0.2) is 0 Å². The largest absolute Gasteiger partial charge is 0.384 e. The van der Waals surface area contributed by atoms with Gasteiger partial charge < -0.3 is 15.6 Å². The van der Waals surface area contributed by atoms with Crippen molar-refractivity contribution < 1.29 is 0 Å². The summed E-state index contributed by atoms with van der Waals surface area (Å²) in [4.78, 5) is 3.06. The van der Waals surface area contributed by atoms with Crippen molar-refractivity contribution in [2.75, 3.05) is 18.9 Å². The zero-order chi connectivity index (χ0) is 10.5. The molecular weight excluding hydrogens is 186 g/mol. The summed E-state index contributed by atoms with van der Waals surface area (Å²) in [6, 6.07) is 2.84. The highest BCUT2D eigenvalue weighted by Gasteiger charge is 2.19. The maximum absolute atomic E-state index is 3.48. The molecule has 0 atom stereocenters. The molecule has 3 N–H and O–H groups in total. The van der Waals surface area contributed by atoms with Crippen LogP contribution >= 0.6 is 0 Å². The Labute approximate surface area is 91.7 Å². The van der Waals surface area contributed by atoms with Crippen LogP contribution in [-0.4, -0.2) is 24.6 Å². The lowest BCUT2D eigenvalue weighted by molar-refractivity contribution is 0.312. The maximum Gasteiger partial charge on any atom is 0.0517 e. The lowest BCUT2D eigenvalue weighted by Crippen LogP contribution is -2.32. The predicted molar refractivity (Wildman–Crippen MR) is 64.1 cm³/mol. The number of anilines is 1. The minimum Gasteiger partial charge on any atom is -0.384 e. The summed E-state index contributed by atoms with van der Waals surface area (Å²) < 4.78 is 0. The van der Waals surface area contributed by atoms with Crippen molar-refractivity contribution in [2.45, 2.75) is 31.7 Å². The summed E-state index contributed by atoms with van der Waals surface area (Å²) in [7, 11) is 2.07. The number of H-pyrrole nitrogens is 1. The van der Waals surface area contributed by atoms with Crippen LogP contribution in [0.15, 0.2) is 18.5 Å². The van der Waals surface area contributed by atoms with Crippen LogP contribution in [0, 0.1) is 5.92 Å². The molecule has 1 aromatic rings. The van der Waals surface area contributed by atoms with Crippen LogP contribution in [-0.2, 0) is 0 Å². The fourth-order valence-corrected chi connectivity index (χ4v) is 2.35. The lowest BCUT2D eigenvalue weighted by Gasteiger charge is -2.28. The van der Waals surface area contributed by atoms with Crippen molar-refractivity contribution in [3.8, 4) is 0 Å². The Morgan fingerprint density at radius 1 is 1.33 bits per heavy atom. The molecule has 1 aromatic heterocycles. The summed E-state index contributed by atoms with van der Waals surface area (Å²) in [6.45, 7) is 1.12. The minimum atomic E-state index is 0.758. The molecule has 3 heteroatoms. The molecule has 1 saturated carbocycles. The molecule has 84 valence electrons. The smallest absolute Gasteiger partial charge is 0.0517 e. The molecule has 0 bridgehead atoms. The molecule has 1 fully saturated rings. The van der Waals surface area contributed by atoms with Crippen molar-refractivity contribution in [3.63, 3.8) is 0 Å². The second-order valence-corrected chi connectivity index (χ2v) is 4.49. The van der Waals surface area contributed by atoms with Crippen LogP contribution in [0.5, 0.6) is 0 Å². The highest BCUT2D eigenvalue weighted by atomic mass is 14.9. The molecule has 0 saturated heterocycles. The third kappa shape index (κ3) is 2.99. The second-order valence-electron chi connectivity index (χ2n) is 4.49. The predicted octanol–water partition coefficient (Wildman–Crippen LogP) is 2.20. The Morgan fingerprint density at radius 3 is 2.73 bits per heavy atom. The van der Waals surface area contributed by atoms with Gasteiger partial charge in [0.25, 0.3) is 0 Å². The number of aromatic amines is 1. The summed E-state index contributed by atoms with van der Waals surface area (Å²) in [5.74, 6) is 0.851. The van der Waals surface area contributed by atoms with Gasteiger partial charge >= 0.3 is 0 Å². The van der Waals surface area contributed by atoms with Gasteiger partial charge in [-0.05, 0) is 44.7 Å². The van der Waals surface area contributed by atoms with Gasteiger partial charge in [-0.15, -0.1) is 0 Å². The first kappa shape index (κ1) is 10.6. The van der Waals surface area contributed by atoms with Crippen LogP contribution in [0.3, 0.4) is 0 Å². The SMILES string of the molecule is CNC1CCC(CNc2cc[nH]c2)CC1. The first-order chi connectivity index (χ1) is 7.38. The monoisotopic (exact) mass is 207 g/mol. The van der Waals surface area contributed by atoms with E-state index in [4.69, 9.17) is 0 Å². The highest BCUT2D eigenvalue weighted by molar-refractivity contribution is 5.40. The van der Waals surface area contributed by atoms with Gasteiger partial charge in [-0.1, -0.05) is 0 Å². The molecule has 1 aliphatic carbocycles. The first-order valence-corrected chi connectivity index (χ1v) is 5.92. The van der Waals surface area contributed by atoms with E-state index in [2.05, 4.69) is 28.7 Å². The number of aromatic nitrogens is 1. The van der Waals surface area contributed by atoms with Gasteiger partial charge in [-0.25, -0.2) is 0 Å². The van der Waals surface area contributed by atoms with E-state index in [0.717, 1.165) is 18.5 Å². The molecule has 0 spiro atoms. The van der Waals surface area contributed by atoms with Crippen LogP contribution in [0.25, 0.3) is 0 Å². The summed E-state index contributed by atoms with van der Waals surface area (Å²) in [5.41, 5.74) is 1.21. The number of hydrogen-bond donors (Lipinski definition) is 3. The van der Waals surface area contributed by atoms with E-state index in [0.29, 0.717) is 0 Å². The fourth-order valence-electron chi connectivity index (χ4n) is 2.35. The zero-order valence-corrected chi connectivity index (χ0v) is 9.42. The molecule has 0 aliphatic heterocycles. The quantitative estimate of drug-likeness (QED) is 0.708. The van der Waals surface area contributed by atoms with Gasteiger partial charge in [-0.3, -0.25) is 0 Å². The van der Waals surface area contributed by atoms with E-state index < -0.39 is 0 Å². The molecule has 3 nitrogen and oxygen atoms in total. The lowest BCUT2D eigenvalue weighted by atomic mass is 9.86. The van der Waals surface area contributed by atoms with Crippen molar-refractivity contribution in [3.05, 3.63) is 18.5 Å². The summed E-state index contributed by atoms with van der Waals surface area (Å²) in [5, 5.41) is 6.84. The third-order valence-corrected chi connectivity index (χ3v) is 3.45. The van der Waals surface area contributed by atoms with Crippen LogP contribution < -0.4 is 10.6 Å². The van der Waals surface area contributed by atoms with Gasteiger partial charge in [-0.2, -0.15) is 0 Å². The van der Waals surface area contributed by atoms with Crippen molar-refractivity contribution >= 4 is 5.69 Å². The van der Waals surface area contributed by atoms with E-state index in [1.165, 1.54) is 31.4 Å². The maximum atomic E-state index is 3.48. The average molecular weight is 207 g/mol. The minimum absolute atomic E-state index is 0.758. The van der Waals surface area contributed by atoms with E-state index >= 15 is 0 Å². The third-order valence-electron chi connectivity index (χ3n) is 3.45. The van der Waals surface area contributed by atoms with Crippen LogP contribution in [0.4, 0.5) is 5.69 Å². The van der Waals surface area contributed by atoms with Gasteiger partial charge in [0.2, 0.25) is 0 Å². The molecule has 2 rings (SSSR count). The van der Waals surface area contributed by atoms with Crippen molar-refractivity contribution in [2.24, 2.45) is 5.92 Å². The Balaban J connectivity index is 1.69. The summed E-state index contributed by atoms with van der Waals surface area (Å²) in [6.07, 6.45) is 9.33. The Kier molecular flexibility index (Phi) is 3.67. The molecular formula is C12H21N3. The summed E-state index contributed by atoms with van der Waals surface area (Å²) >= 11 is 0. The zero-order valence-electron chi connectivity index (χ0n) is 9.42. The number of rotatable bonds is 4. The molecule has 15 heavy (non-hydrogen) atoms. The molecule has 0 amide bonds. The Bertz CT molecular complexity index is 260. The van der Waals surface area contributed by atoms with Gasteiger partial charge in [0.1, 0.15) is 0 Å². The normalized spacial score (nSPS) is 26.5. The molecule has 1 aliphatic rings. The molecule has 0 aromatic carbocycles. The highest BCUT2D eigenvalue weighted by Crippen LogP contribution is 2.24. The van der Waals surface area contributed by atoms with Crippen molar-refractivity contribution in [1.29, 1.82) is 0 Å². The van der Waals surface area contributed by atoms with E-state index in [9.17, 15) is 0 Å². The standard InChI is InChI=1S/C12H21N3/c1-13-11-4-2-10(3-5-11)8-15-12-6-7-14-9-12/h6-7,9-11,13-15H,2-5,8H2,1H3. The van der Waals surface area contributed by atoms with E-state index in [1.54, 1.807) is 0 Å². The fraction of sp³-hybridized carbons (Fsp3) is 0.667. The average Bonchev–Trinajstić information content (AvgIpc) is 2.80. The Hall–Kier alpha value is -0.960. The van der Waals surface area contributed by atoms with E-state index in [1.807, 2.05) is 12.4 Å². The first-order valence-electron chi connectivity index (χ1n) is 5.92. The van der Waals surface area contributed by atoms with Crippen LogP contribution in [0.2, 0.25) is 0 Å². The molecule has 0 unspecified atom stereocenters.